The molecule has 0 atom stereocenters. The number of carbonyl (C=O) groups is 1. The zero-order chi connectivity index (χ0) is 20.4. The average molecular weight is 448 g/mol. The van der Waals surface area contributed by atoms with Crippen molar-refractivity contribution >= 4 is 46.0 Å². The number of anilines is 2. The number of benzene rings is 2. The Morgan fingerprint density at radius 3 is 2.63 bits per heavy atom. The van der Waals surface area contributed by atoms with Crippen LogP contribution in [0.2, 0.25) is 0 Å². The number of hydrogen-bond donors (Lipinski definition) is 1. The first kappa shape index (κ1) is 21.9. The van der Waals surface area contributed by atoms with E-state index in [0.29, 0.717) is 5.69 Å². The normalized spacial score (nSPS) is 13.8. The van der Waals surface area contributed by atoms with Gasteiger partial charge in [0, 0.05) is 30.4 Å². The fraction of sp³-hybridized carbons (Fsp3) is 0.182. The quantitative estimate of drug-likeness (QED) is 0.551. The van der Waals surface area contributed by atoms with Crippen LogP contribution in [0.3, 0.4) is 0 Å². The van der Waals surface area contributed by atoms with Crippen LogP contribution in [0.5, 0.6) is 0 Å². The van der Waals surface area contributed by atoms with Gasteiger partial charge in [-0.3, -0.25) is 4.79 Å². The van der Waals surface area contributed by atoms with E-state index < -0.39 is 17.5 Å². The summed E-state index contributed by atoms with van der Waals surface area (Å²) in [6, 6.07) is 11.0. The molecule has 2 aromatic carbocycles. The third-order valence-corrected chi connectivity index (χ3v) is 5.83. The molecule has 0 unspecified atom stereocenters. The summed E-state index contributed by atoms with van der Waals surface area (Å²) in [4.78, 5) is 18.9. The Balaban J connectivity index is 0.00000256. The van der Waals surface area contributed by atoms with Crippen molar-refractivity contribution in [3.8, 4) is 0 Å². The standard InChI is InChI=1S/C22H19F2N3OS.ClH/c1-14-9-11-27(22-25-10-12-29-22)13-18(14)15-5-7-16(8-6-15)26-21(28)17-3-2-4-19(23)20(17)24;/h2-8,10,12H,9,11,13H2,1H3,(H,26,28);1H. The molecule has 1 aliphatic rings. The van der Waals surface area contributed by atoms with Gasteiger partial charge in [0.2, 0.25) is 0 Å². The Hall–Kier alpha value is -2.77. The number of thiazole rings is 1. The molecule has 2 heterocycles. The van der Waals surface area contributed by atoms with E-state index in [2.05, 4.69) is 22.1 Å². The van der Waals surface area contributed by atoms with Gasteiger partial charge in [-0.05, 0) is 48.7 Å². The number of nitrogens with one attached hydrogen (secondary N) is 1. The maximum absolute atomic E-state index is 13.8. The molecule has 4 nitrogen and oxygen atoms in total. The van der Waals surface area contributed by atoms with E-state index in [-0.39, 0.29) is 18.0 Å². The summed E-state index contributed by atoms with van der Waals surface area (Å²) < 4.78 is 27.1. The predicted octanol–water partition coefficient (Wildman–Crippen LogP) is 5.78. The van der Waals surface area contributed by atoms with Crippen molar-refractivity contribution in [1.82, 2.24) is 4.98 Å². The van der Waals surface area contributed by atoms with E-state index in [1.54, 1.807) is 23.5 Å². The number of rotatable bonds is 4. The molecule has 0 saturated carbocycles. The minimum absolute atomic E-state index is 0. The molecule has 30 heavy (non-hydrogen) atoms. The minimum Gasteiger partial charge on any atom is -0.343 e. The number of hydrogen-bond acceptors (Lipinski definition) is 4. The van der Waals surface area contributed by atoms with Crippen molar-refractivity contribution < 1.29 is 13.6 Å². The van der Waals surface area contributed by atoms with Crippen molar-refractivity contribution in [2.24, 2.45) is 0 Å². The molecule has 0 aliphatic carbocycles. The highest BCUT2D eigenvalue weighted by Gasteiger charge is 2.20. The largest absolute Gasteiger partial charge is 0.343 e. The summed E-state index contributed by atoms with van der Waals surface area (Å²) in [6.45, 7) is 3.85. The fourth-order valence-corrected chi connectivity index (χ4v) is 4.03. The summed E-state index contributed by atoms with van der Waals surface area (Å²) in [7, 11) is 0. The van der Waals surface area contributed by atoms with Crippen LogP contribution in [0.15, 0.2) is 59.6 Å². The highest BCUT2D eigenvalue weighted by molar-refractivity contribution is 7.13. The molecule has 0 radical (unpaired) electrons. The molecule has 4 rings (SSSR count). The first-order chi connectivity index (χ1) is 14.0. The van der Waals surface area contributed by atoms with Gasteiger partial charge in [0.1, 0.15) is 0 Å². The lowest BCUT2D eigenvalue weighted by molar-refractivity contribution is 0.102. The molecule has 1 aromatic heterocycles. The van der Waals surface area contributed by atoms with Crippen molar-refractivity contribution in [3.63, 3.8) is 0 Å². The molecule has 1 amide bonds. The zero-order valence-electron chi connectivity index (χ0n) is 16.2. The molecular weight excluding hydrogens is 428 g/mol. The third kappa shape index (κ3) is 4.52. The van der Waals surface area contributed by atoms with Crippen molar-refractivity contribution in [1.29, 1.82) is 0 Å². The second-order valence-electron chi connectivity index (χ2n) is 6.88. The molecule has 8 heteroatoms. The van der Waals surface area contributed by atoms with Gasteiger partial charge in [-0.2, -0.15) is 0 Å². The molecule has 0 spiro atoms. The van der Waals surface area contributed by atoms with E-state index >= 15 is 0 Å². The van der Waals surface area contributed by atoms with E-state index in [9.17, 15) is 13.6 Å². The van der Waals surface area contributed by atoms with Gasteiger partial charge in [0.15, 0.2) is 16.8 Å². The maximum atomic E-state index is 13.8. The van der Waals surface area contributed by atoms with E-state index in [1.165, 1.54) is 23.3 Å². The van der Waals surface area contributed by atoms with Gasteiger partial charge in [0.05, 0.1) is 5.56 Å². The first-order valence-corrected chi connectivity index (χ1v) is 10.1. The Morgan fingerprint density at radius 2 is 1.93 bits per heavy atom. The number of nitrogens with zero attached hydrogens (tertiary/aromatic N) is 2. The van der Waals surface area contributed by atoms with Gasteiger partial charge >= 0.3 is 0 Å². The van der Waals surface area contributed by atoms with E-state index in [0.717, 1.165) is 36.3 Å². The van der Waals surface area contributed by atoms with Crippen LogP contribution in [0.25, 0.3) is 5.57 Å². The summed E-state index contributed by atoms with van der Waals surface area (Å²) in [5.74, 6) is -2.87. The van der Waals surface area contributed by atoms with Gasteiger partial charge in [0.25, 0.3) is 5.91 Å². The van der Waals surface area contributed by atoms with Gasteiger partial charge < -0.3 is 10.2 Å². The summed E-state index contributed by atoms with van der Waals surface area (Å²) in [5.41, 5.74) is 3.84. The number of carbonyl (C=O) groups excluding carboxylic acids is 1. The minimum atomic E-state index is -1.15. The Bertz CT molecular complexity index is 1070. The van der Waals surface area contributed by atoms with Crippen LogP contribution in [0, 0.1) is 11.6 Å². The number of halogens is 3. The van der Waals surface area contributed by atoms with Crippen LogP contribution in [0.4, 0.5) is 19.6 Å². The van der Waals surface area contributed by atoms with Gasteiger partial charge in [-0.15, -0.1) is 23.7 Å². The molecule has 3 aromatic rings. The molecule has 1 aliphatic heterocycles. The highest BCUT2D eigenvalue weighted by atomic mass is 35.5. The second-order valence-corrected chi connectivity index (χ2v) is 7.75. The number of amides is 1. The molecule has 1 N–H and O–H groups in total. The summed E-state index contributed by atoms with van der Waals surface area (Å²) in [5, 5.41) is 5.60. The van der Waals surface area contributed by atoms with Crippen LogP contribution in [0.1, 0.15) is 29.3 Å². The molecule has 0 saturated heterocycles. The zero-order valence-corrected chi connectivity index (χ0v) is 17.8. The van der Waals surface area contributed by atoms with Crippen LogP contribution in [-0.4, -0.2) is 24.0 Å². The Morgan fingerprint density at radius 1 is 1.17 bits per heavy atom. The smallest absolute Gasteiger partial charge is 0.258 e. The maximum Gasteiger partial charge on any atom is 0.258 e. The number of aromatic nitrogens is 1. The van der Waals surface area contributed by atoms with E-state index in [1.807, 2.05) is 23.7 Å². The van der Waals surface area contributed by atoms with Crippen LogP contribution < -0.4 is 10.2 Å². The average Bonchev–Trinajstić information content (AvgIpc) is 3.26. The SMILES string of the molecule is CC1=C(c2ccc(NC(=O)c3cccc(F)c3F)cc2)CN(c2nccs2)CC1.Cl. The van der Waals surface area contributed by atoms with Crippen LogP contribution >= 0.6 is 23.7 Å². The lowest BCUT2D eigenvalue weighted by Crippen LogP contribution is -2.30. The van der Waals surface area contributed by atoms with Gasteiger partial charge in [-0.1, -0.05) is 23.8 Å². The second kappa shape index (κ2) is 9.36. The summed E-state index contributed by atoms with van der Waals surface area (Å²) >= 11 is 1.62. The van der Waals surface area contributed by atoms with Crippen molar-refractivity contribution in [2.45, 2.75) is 13.3 Å². The molecule has 0 fully saturated rings. The third-order valence-electron chi connectivity index (χ3n) is 5.00. The van der Waals surface area contributed by atoms with Crippen molar-refractivity contribution in [3.05, 3.63) is 82.4 Å². The Labute approximate surface area is 183 Å². The first-order valence-electron chi connectivity index (χ1n) is 9.22. The lowest BCUT2D eigenvalue weighted by atomic mass is 9.95. The molecular formula is C22H20ClF2N3OS. The van der Waals surface area contributed by atoms with E-state index in [4.69, 9.17) is 0 Å². The van der Waals surface area contributed by atoms with Crippen molar-refractivity contribution in [2.75, 3.05) is 23.3 Å². The lowest BCUT2D eigenvalue weighted by Gasteiger charge is -2.30. The van der Waals surface area contributed by atoms with Crippen LogP contribution in [-0.2, 0) is 0 Å². The van der Waals surface area contributed by atoms with Gasteiger partial charge in [-0.25, -0.2) is 13.8 Å². The fourth-order valence-electron chi connectivity index (χ4n) is 3.36. The monoisotopic (exact) mass is 447 g/mol. The molecule has 0 bridgehead atoms. The summed E-state index contributed by atoms with van der Waals surface area (Å²) in [6.07, 6.45) is 2.77. The predicted molar refractivity (Wildman–Crippen MR) is 120 cm³/mol. The Kier molecular flexibility index (Phi) is 6.84. The molecule has 156 valence electrons. The topological polar surface area (TPSA) is 45.2 Å². The highest BCUT2D eigenvalue weighted by Crippen LogP contribution is 2.31.